The molecule has 0 bridgehead atoms. The number of carbonyl (C=O) groups is 1. The fourth-order valence-corrected chi connectivity index (χ4v) is 2.69. The van der Waals surface area contributed by atoms with Crippen LogP contribution in [0, 0.1) is 5.92 Å². The lowest BCUT2D eigenvalue weighted by Crippen LogP contribution is -2.30. The van der Waals surface area contributed by atoms with Gasteiger partial charge in [0.25, 0.3) is 0 Å². The Morgan fingerprint density at radius 2 is 2.09 bits per heavy atom. The van der Waals surface area contributed by atoms with Crippen molar-refractivity contribution in [1.29, 1.82) is 0 Å². The molecule has 1 fully saturated rings. The summed E-state index contributed by atoms with van der Waals surface area (Å²) in [5.41, 5.74) is 0. The fourth-order valence-electron chi connectivity index (χ4n) is 2.69. The minimum Gasteiger partial charge on any atom is -0.494 e. The molecular weight excluding hydrogens is 278 g/mol. The van der Waals surface area contributed by atoms with Crippen LogP contribution in [0.15, 0.2) is 53.1 Å². The zero-order chi connectivity index (χ0) is 15.4. The van der Waals surface area contributed by atoms with Crippen LogP contribution in [0.2, 0.25) is 0 Å². The van der Waals surface area contributed by atoms with Crippen LogP contribution in [0.3, 0.4) is 0 Å². The van der Waals surface area contributed by atoms with Crippen molar-refractivity contribution >= 4 is 5.91 Å². The van der Waals surface area contributed by atoms with E-state index in [1.807, 2.05) is 54.4 Å². The van der Waals surface area contributed by atoms with E-state index >= 15 is 0 Å². The highest BCUT2D eigenvalue weighted by atomic mass is 16.5. The lowest BCUT2D eigenvalue weighted by Gasteiger charge is -2.17. The van der Waals surface area contributed by atoms with Gasteiger partial charge < -0.3 is 14.1 Å². The third-order valence-corrected chi connectivity index (χ3v) is 4.04. The maximum atomic E-state index is 12.3. The zero-order valence-corrected chi connectivity index (χ0v) is 12.8. The van der Waals surface area contributed by atoms with Gasteiger partial charge in [0.2, 0.25) is 5.91 Å². The van der Waals surface area contributed by atoms with E-state index in [9.17, 15) is 4.79 Å². The largest absolute Gasteiger partial charge is 0.494 e. The third kappa shape index (κ3) is 3.50. The van der Waals surface area contributed by atoms with Gasteiger partial charge in [-0.05, 0) is 37.1 Å². The molecule has 0 N–H and O–H groups in total. The van der Waals surface area contributed by atoms with Crippen molar-refractivity contribution in [2.45, 2.75) is 18.8 Å². The molecule has 116 valence electrons. The van der Waals surface area contributed by atoms with E-state index in [4.69, 9.17) is 9.15 Å². The Bertz CT molecular complexity index is 594. The molecule has 0 radical (unpaired) electrons. The smallest absolute Gasteiger partial charge is 0.226 e. The first-order valence-corrected chi connectivity index (χ1v) is 7.72. The van der Waals surface area contributed by atoms with Gasteiger partial charge in [-0.2, -0.15) is 0 Å². The SMILES string of the molecule is CN(CCCOc1ccccc1)C(=O)C1CC1c1ccco1. The molecule has 4 heteroatoms. The van der Waals surface area contributed by atoms with Gasteiger partial charge in [0, 0.05) is 25.4 Å². The van der Waals surface area contributed by atoms with E-state index < -0.39 is 0 Å². The zero-order valence-electron chi connectivity index (χ0n) is 12.8. The molecule has 2 unspecified atom stereocenters. The number of hydrogen-bond donors (Lipinski definition) is 0. The Balaban J connectivity index is 1.37. The Morgan fingerprint density at radius 1 is 1.27 bits per heavy atom. The van der Waals surface area contributed by atoms with Crippen LogP contribution in [0.5, 0.6) is 5.75 Å². The molecule has 1 heterocycles. The highest BCUT2D eigenvalue weighted by molar-refractivity contribution is 5.82. The average molecular weight is 299 g/mol. The number of carbonyl (C=O) groups excluding carboxylic acids is 1. The van der Waals surface area contributed by atoms with Crippen LogP contribution in [-0.4, -0.2) is 31.0 Å². The standard InChI is InChI=1S/C18H21NO3/c1-19(10-6-12-21-14-7-3-2-4-8-14)18(20)16-13-15(16)17-9-5-11-22-17/h2-5,7-9,11,15-16H,6,10,12-13H2,1H3. The second-order valence-corrected chi connectivity index (χ2v) is 5.74. The molecule has 1 amide bonds. The van der Waals surface area contributed by atoms with Crippen molar-refractivity contribution < 1.29 is 13.9 Å². The molecule has 0 spiro atoms. The lowest BCUT2D eigenvalue weighted by molar-refractivity contribution is -0.131. The molecule has 0 aliphatic heterocycles. The van der Waals surface area contributed by atoms with Crippen LogP contribution in [0.1, 0.15) is 24.5 Å². The summed E-state index contributed by atoms with van der Waals surface area (Å²) >= 11 is 0. The summed E-state index contributed by atoms with van der Waals surface area (Å²) in [6, 6.07) is 13.6. The van der Waals surface area contributed by atoms with Gasteiger partial charge in [-0.3, -0.25) is 4.79 Å². The number of para-hydroxylation sites is 1. The van der Waals surface area contributed by atoms with Gasteiger partial charge in [-0.15, -0.1) is 0 Å². The number of benzene rings is 1. The minimum atomic E-state index is 0.0891. The molecule has 1 saturated carbocycles. The van der Waals surface area contributed by atoms with Crippen molar-refractivity contribution in [2.75, 3.05) is 20.2 Å². The molecule has 1 aromatic heterocycles. The highest BCUT2D eigenvalue weighted by Crippen LogP contribution is 2.48. The van der Waals surface area contributed by atoms with Crippen molar-refractivity contribution in [1.82, 2.24) is 4.90 Å². The molecule has 1 aliphatic carbocycles. The summed E-state index contributed by atoms with van der Waals surface area (Å²) < 4.78 is 11.0. The van der Waals surface area contributed by atoms with E-state index in [1.54, 1.807) is 6.26 Å². The van der Waals surface area contributed by atoms with E-state index in [0.29, 0.717) is 13.2 Å². The molecule has 1 aromatic carbocycles. The Labute approximate surface area is 130 Å². The quantitative estimate of drug-likeness (QED) is 0.737. The highest BCUT2D eigenvalue weighted by Gasteiger charge is 2.46. The second-order valence-electron chi connectivity index (χ2n) is 5.74. The Morgan fingerprint density at radius 3 is 2.82 bits per heavy atom. The first-order chi connectivity index (χ1) is 10.8. The number of ether oxygens (including phenoxy) is 1. The van der Waals surface area contributed by atoms with Crippen LogP contribution < -0.4 is 4.74 Å². The van der Waals surface area contributed by atoms with Crippen molar-refractivity contribution in [3.05, 3.63) is 54.5 Å². The molecule has 22 heavy (non-hydrogen) atoms. The maximum Gasteiger partial charge on any atom is 0.226 e. The van der Waals surface area contributed by atoms with Gasteiger partial charge in [-0.1, -0.05) is 18.2 Å². The van der Waals surface area contributed by atoms with Crippen molar-refractivity contribution in [2.24, 2.45) is 5.92 Å². The molecule has 1 aliphatic rings. The maximum absolute atomic E-state index is 12.3. The normalized spacial score (nSPS) is 19.7. The minimum absolute atomic E-state index is 0.0891. The van der Waals surface area contributed by atoms with Crippen molar-refractivity contribution in [3.8, 4) is 5.75 Å². The van der Waals surface area contributed by atoms with Crippen molar-refractivity contribution in [3.63, 3.8) is 0 Å². The summed E-state index contributed by atoms with van der Waals surface area (Å²) in [4.78, 5) is 14.1. The van der Waals surface area contributed by atoms with Crippen LogP contribution in [0.4, 0.5) is 0 Å². The fraction of sp³-hybridized carbons (Fsp3) is 0.389. The van der Waals surface area contributed by atoms with Gasteiger partial charge in [0.05, 0.1) is 12.9 Å². The van der Waals surface area contributed by atoms with E-state index in [1.165, 1.54) is 0 Å². The Kier molecular flexibility index (Phi) is 4.47. The van der Waals surface area contributed by atoms with E-state index in [-0.39, 0.29) is 17.7 Å². The lowest BCUT2D eigenvalue weighted by atomic mass is 10.2. The molecule has 2 aromatic rings. The van der Waals surface area contributed by atoms with Crippen LogP contribution in [-0.2, 0) is 4.79 Å². The summed E-state index contributed by atoms with van der Waals surface area (Å²) in [6.07, 6.45) is 3.40. The molecule has 4 nitrogen and oxygen atoms in total. The number of amides is 1. The molecular formula is C18H21NO3. The van der Waals surface area contributed by atoms with Crippen LogP contribution >= 0.6 is 0 Å². The average Bonchev–Trinajstić information content (AvgIpc) is 3.16. The van der Waals surface area contributed by atoms with E-state index in [2.05, 4.69) is 0 Å². The first-order valence-electron chi connectivity index (χ1n) is 7.72. The molecule has 2 atom stereocenters. The Hall–Kier alpha value is -2.23. The number of hydrogen-bond acceptors (Lipinski definition) is 3. The predicted molar refractivity (Wildman–Crippen MR) is 83.7 cm³/mol. The molecule has 3 rings (SSSR count). The monoisotopic (exact) mass is 299 g/mol. The summed E-state index contributed by atoms with van der Waals surface area (Å²) in [5.74, 6) is 2.37. The number of nitrogens with zero attached hydrogens (tertiary/aromatic N) is 1. The topological polar surface area (TPSA) is 42.7 Å². The first kappa shape index (κ1) is 14.7. The second kappa shape index (κ2) is 6.69. The third-order valence-electron chi connectivity index (χ3n) is 4.04. The molecule has 0 saturated heterocycles. The van der Waals surface area contributed by atoms with Gasteiger partial charge in [0.15, 0.2) is 0 Å². The predicted octanol–water partition coefficient (Wildman–Crippen LogP) is 3.31. The summed E-state index contributed by atoms with van der Waals surface area (Å²) in [6.45, 7) is 1.33. The van der Waals surface area contributed by atoms with Crippen LogP contribution in [0.25, 0.3) is 0 Å². The number of furan rings is 1. The summed E-state index contributed by atoms with van der Waals surface area (Å²) in [5, 5.41) is 0. The van der Waals surface area contributed by atoms with E-state index in [0.717, 1.165) is 24.4 Å². The van der Waals surface area contributed by atoms with Gasteiger partial charge >= 0.3 is 0 Å². The van der Waals surface area contributed by atoms with Gasteiger partial charge in [-0.25, -0.2) is 0 Å². The summed E-state index contributed by atoms with van der Waals surface area (Å²) in [7, 11) is 1.86. The van der Waals surface area contributed by atoms with Gasteiger partial charge in [0.1, 0.15) is 11.5 Å². The number of rotatable bonds is 7.